The summed E-state index contributed by atoms with van der Waals surface area (Å²) < 4.78 is 0. The molecular weight excluding hydrogens is 296 g/mol. The lowest BCUT2D eigenvalue weighted by Crippen LogP contribution is -2.51. The summed E-state index contributed by atoms with van der Waals surface area (Å²) in [7, 11) is 0. The first-order valence-corrected chi connectivity index (χ1v) is 6.85. The second kappa shape index (κ2) is 6.50. The van der Waals surface area contributed by atoms with E-state index in [0.29, 0.717) is 12.0 Å². The van der Waals surface area contributed by atoms with E-state index >= 15 is 0 Å². The predicted octanol–water partition coefficient (Wildman–Crippen LogP) is 3.40. The number of benzene rings is 1. The van der Waals surface area contributed by atoms with Gasteiger partial charge in [0.05, 0.1) is 10.6 Å². The summed E-state index contributed by atoms with van der Waals surface area (Å²) in [5.41, 5.74) is -0.282. The molecular formula is C12H14Cl3NO2. The quantitative estimate of drug-likeness (QED) is 0.819. The zero-order valence-electron chi connectivity index (χ0n) is 9.84. The number of aromatic hydroxyl groups is 1. The molecule has 0 aliphatic carbocycles. The zero-order valence-corrected chi connectivity index (χ0v) is 12.1. The van der Waals surface area contributed by atoms with Crippen molar-refractivity contribution < 1.29 is 9.90 Å². The molecule has 0 aliphatic rings. The number of hydrogen-bond donors (Lipinski definition) is 2. The van der Waals surface area contributed by atoms with E-state index in [1.54, 1.807) is 0 Å². The summed E-state index contributed by atoms with van der Waals surface area (Å²) in [6.45, 7) is 1.90. The Kier molecular flexibility index (Phi) is 5.57. The number of carbonyl (C=O) groups is 1. The third-order valence-electron chi connectivity index (χ3n) is 2.78. The van der Waals surface area contributed by atoms with Gasteiger partial charge in [-0.1, -0.05) is 18.5 Å². The van der Waals surface area contributed by atoms with Crippen LogP contribution in [0.25, 0.3) is 0 Å². The SMILES string of the molecule is CCC(CCl)(CCl)NC(=O)c1ccc(O)c(Cl)c1. The van der Waals surface area contributed by atoms with Crippen LogP contribution < -0.4 is 5.32 Å². The lowest BCUT2D eigenvalue weighted by Gasteiger charge is -2.29. The van der Waals surface area contributed by atoms with E-state index < -0.39 is 5.54 Å². The van der Waals surface area contributed by atoms with Crippen molar-refractivity contribution in [1.82, 2.24) is 5.32 Å². The molecule has 1 amide bonds. The van der Waals surface area contributed by atoms with Crippen LogP contribution in [0.15, 0.2) is 18.2 Å². The van der Waals surface area contributed by atoms with E-state index in [1.165, 1.54) is 18.2 Å². The number of alkyl halides is 2. The number of halogens is 3. The van der Waals surface area contributed by atoms with Crippen LogP contribution in [0.2, 0.25) is 5.02 Å². The summed E-state index contributed by atoms with van der Waals surface area (Å²) in [5.74, 6) is 0.0690. The Morgan fingerprint density at radius 2 is 2.00 bits per heavy atom. The fourth-order valence-corrected chi connectivity index (χ4v) is 2.32. The summed E-state index contributed by atoms with van der Waals surface area (Å²) in [6.07, 6.45) is 0.623. The molecule has 1 rings (SSSR count). The van der Waals surface area contributed by atoms with Crippen molar-refractivity contribution in [2.75, 3.05) is 11.8 Å². The molecule has 0 atom stereocenters. The van der Waals surface area contributed by atoms with Gasteiger partial charge in [-0.05, 0) is 24.6 Å². The molecule has 0 spiro atoms. The summed E-state index contributed by atoms with van der Waals surface area (Å²) >= 11 is 17.4. The average Bonchev–Trinajstić information content (AvgIpc) is 2.39. The van der Waals surface area contributed by atoms with E-state index in [2.05, 4.69) is 5.32 Å². The molecule has 1 aromatic rings. The lowest BCUT2D eigenvalue weighted by molar-refractivity contribution is 0.0913. The smallest absolute Gasteiger partial charge is 0.251 e. The maximum Gasteiger partial charge on any atom is 0.251 e. The highest BCUT2D eigenvalue weighted by Gasteiger charge is 2.28. The lowest BCUT2D eigenvalue weighted by atomic mass is 10.0. The minimum Gasteiger partial charge on any atom is -0.506 e. The first-order valence-electron chi connectivity index (χ1n) is 5.41. The molecule has 0 unspecified atom stereocenters. The number of amides is 1. The van der Waals surface area contributed by atoms with Crippen molar-refractivity contribution in [2.24, 2.45) is 0 Å². The van der Waals surface area contributed by atoms with Gasteiger partial charge in [0.2, 0.25) is 0 Å². The number of phenols is 1. The van der Waals surface area contributed by atoms with E-state index in [9.17, 15) is 9.90 Å². The molecule has 0 fully saturated rings. The first kappa shape index (κ1) is 15.4. The fourth-order valence-electron chi connectivity index (χ4n) is 1.34. The van der Waals surface area contributed by atoms with Crippen LogP contribution in [0.4, 0.5) is 0 Å². The standard InChI is InChI=1S/C12H14Cl3NO2/c1-2-12(6-13,7-14)16-11(18)8-3-4-10(17)9(15)5-8/h3-5,17H,2,6-7H2,1H3,(H,16,18). The van der Waals surface area contributed by atoms with Crippen molar-refractivity contribution in [1.29, 1.82) is 0 Å². The highest BCUT2D eigenvalue weighted by molar-refractivity contribution is 6.32. The normalized spacial score (nSPS) is 11.3. The Balaban J connectivity index is 2.90. The minimum atomic E-state index is -0.634. The Hall–Kier alpha value is -0.640. The van der Waals surface area contributed by atoms with E-state index in [4.69, 9.17) is 34.8 Å². The van der Waals surface area contributed by atoms with E-state index in [-0.39, 0.29) is 28.4 Å². The van der Waals surface area contributed by atoms with Gasteiger partial charge in [-0.25, -0.2) is 0 Å². The van der Waals surface area contributed by atoms with Crippen LogP contribution in [-0.2, 0) is 0 Å². The average molecular weight is 311 g/mol. The Bertz CT molecular complexity index is 425. The number of phenolic OH excluding ortho intramolecular Hbond substituents is 1. The first-order chi connectivity index (χ1) is 8.48. The summed E-state index contributed by atoms with van der Waals surface area (Å²) in [5, 5.41) is 12.2. The Morgan fingerprint density at radius 3 is 2.44 bits per heavy atom. The van der Waals surface area contributed by atoms with Gasteiger partial charge in [-0.3, -0.25) is 4.79 Å². The van der Waals surface area contributed by atoms with Crippen molar-refractivity contribution in [2.45, 2.75) is 18.9 Å². The summed E-state index contributed by atoms with van der Waals surface area (Å²) in [6, 6.07) is 4.25. The molecule has 0 saturated heterocycles. The molecule has 0 aromatic heterocycles. The van der Waals surface area contributed by atoms with Crippen molar-refractivity contribution in [3.63, 3.8) is 0 Å². The molecule has 0 radical (unpaired) electrons. The molecule has 0 bridgehead atoms. The maximum absolute atomic E-state index is 12.0. The number of hydrogen-bond acceptors (Lipinski definition) is 2. The van der Waals surface area contributed by atoms with Gasteiger partial charge in [0.25, 0.3) is 5.91 Å². The van der Waals surface area contributed by atoms with Crippen LogP contribution in [0.3, 0.4) is 0 Å². The molecule has 0 aliphatic heterocycles. The molecule has 0 saturated carbocycles. The molecule has 0 heterocycles. The molecule has 1 aromatic carbocycles. The van der Waals surface area contributed by atoms with Crippen LogP contribution in [0, 0.1) is 0 Å². The van der Waals surface area contributed by atoms with Crippen LogP contribution in [0.5, 0.6) is 5.75 Å². The van der Waals surface area contributed by atoms with Gasteiger partial charge in [0.1, 0.15) is 5.75 Å². The van der Waals surface area contributed by atoms with E-state index in [1.807, 2.05) is 6.92 Å². The van der Waals surface area contributed by atoms with Crippen molar-refractivity contribution >= 4 is 40.7 Å². The molecule has 6 heteroatoms. The monoisotopic (exact) mass is 309 g/mol. The second-order valence-corrected chi connectivity index (χ2v) is 4.96. The van der Waals surface area contributed by atoms with Crippen LogP contribution in [0.1, 0.15) is 23.7 Å². The minimum absolute atomic E-state index is 0.0651. The van der Waals surface area contributed by atoms with Crippen molar-refractivity contribution in [3.8, 4) is 5.75 Å². The highest BCUT2D eigenvalue weighted by atomic mass is 35.5. The Morgan fingerprint density at radius 1 is 1.39 bits per heavy atom. The fraction of sp³-hybridized carbons (Fsp3) is 0.417. The molecule has 18 heavy (non-hydrogen) atoms. The van der Waals surface area contributed by atoms with E-state index in [0.717, 1.165) is 0 Å². The van der Waals surface area contributed by atoms with Gasteiger partial charge in [-0.2, -0.15) is 0 Å². The number of nitrogens with one attached hydrogen (secondary N) is 1. The third kappa shape index (κ3) is 3.44. The largest absolute Gasteiger partial charge is 0.506 e. The number of rotatable bonds is 5. The van der Waals surface area contributed by atoms with Gasteiger partial charge >= 0.3 is 0 Å². The number of carbonyl (C=O) groups excluding carboxylic acids is 1. The van der Waals surface area contributed by atoms with Crippen LogP contribution in [-0.4, -0.2) is 28.3 Å². The third-order valence-corrected chi connectivity index (χ3v) is 4.10. The highest BCUT2D eigenvalue weighted by Crippen LogP contribution is 2.24. The topological polar surface area (TPSA) is 49.3 Å². The van der Waals surface area contributed by atoms with Gasteiger partial charge in [0, 0.05) is 17.3 Å². The van der Waals surface area contributed by atoms with Gasteiger partial charge < -0.3 is 10.4 Å². The van der Waals surface area contributed by atoms with Crippen LogP contribution >= 0.6 is 34.8 Å². The zero-order chi connectivity index (χ0) is 13.8. The van der Waals surface area contributed by atoms with Gasteiger partial charge in [-0.15, -0.1) is 23.2 Å². The molecule has 100 valence electrons. The second-order valence-electron chi connectivity index (χ2n) is 4.02. The Labute approximate surface area is 121 Å². The maximum atomic E-state index is 12.0. The van der Waals surface area contributed by atoms with Gasteiger partial charge in [0.15, 0.2) is 0 Å². The molecule has 2 N–H and O–H groups in total. The summed E-state index contributed by atoms with van der Waals surface area (Å²) in [4.78, 5) is 12.0. The van der Waals surface area contributed by atoms with Crippen molar-refractivity contribution in [3.05, 3.63) is 28.8 Å². The predicted molar refractivity (Wildman–Crippen MR) is 75.0 cm³/mol. The molecule has 3 nitrogen and oxygen atoms in total.